The van der Waals surface area contributed by atoms with Crippen LogP contribution in [0.2, 0.25) is 0 Å². The molecule has 0 saturated carbocycles. The first kappa shape index (κ1) is 16.6. The van der Waals surface area contributed by atoms with Crippen molar-refractivity contribution in [2.24, 2.45) is 0 Å². The van der Waals surface area contributed by atoms with Crippen molar-refractivity contribution in [2.75, 3.05) is 0 Å². The van der Waals surface area contributed by atoms with Crippen LogP contribution < -0.4 is 5.32 Å². The summed E-state index contributed by atoms with van der Waals surface area (Å²) in [6.07, 6.45) is -0.210. The second-order valence-electron chi connectivity index (χ2n) is 5.16. The third kappa shape index (κ3) is 4.55. The van der Waals surface area contributed by atoms with E-state index in [1.54, 1.807) is 13.0 Å². The smallest absolute Gasteiger partial charge is 0.305 e. The van der Waals surface area contributed by atoms with Crippen molar-refractivity contribution in [1.29, 1.82) is 0 Å². The number of nitrogens with one attached hydrogen (secondary N) is 1. The predicted octanol–water partition coefficient (Wildman–Crippen LogP) is 2.31. The van der Waals surface area contributed by atoms with Gasteiger partial charge in [0.15, 0.2) is 0 Å². The minimum Gasteiger partial charge on any atom is -0.481 e. The highest BCUT2D eigenvalue weighted by molar-refractivity contribution is 5.95. The molecule has 0 aliphatic heterocycles. The number of carboxylic acid groups (broad SMARTS) is 1. The Morgan fingerprint density at radius 2 is 1.95 bits per heavy atom. The summed E-state index contributed by atoms with van der Waals surface area (Å²) in [5.41, 5.74) is 0.585. The largest absolute Gasteiger partial charge is 0.481 e. The number of nitro groups is 1. The minimum atomic E-state index is -1.02. The highest BCUT2D eigenvalue weighted by Crippen LogP contribution is 2.27. The van der Waals surface area contributed by atoms with Crippen molar-refractivity contribution < 1.29 is 19.6 Å². The maximum absolute atomic E-state index is 12.0. The molecule has 0 aliphatic carbocycles. The van der Waals surface area contributed by atoms with E-state index in [-0.39, 0.29) is 23.6 Å². The summed E-state index contributed by atoms with van der Waals surface area (Å²) in [6, 6.07) is 3.72. The summed E-state index contributed by atoms with van der Waals surface area (Å²) in [5.74, 6) is -1.58. The normalized spacial score (nSPS) is 12.0. The van der Waals surface area contributed by atoms with Crippen molar-refractivity contribution in [1.82, 2.24) is 5.32 Å². The number of rotatable bonds is 6. The van der Waals surface area contributed by atoms with Crippen LogP contribution >= 0.6 is 0 Å². The molecular formula is C14H18N2O5. The van der Waals surface area contributed by atoms with Crippen molar-refractivity contribution in [3.05, 3.63) is 39.4 Å². The number of carboxylic acids is 1. The molecule has 7 nitrogen and oxygen atoms in total. The fourth-order valence-electron chi connectivity index (χ4n) is 1.95. The van der Waals surface area contributed by atoms with E-state index in [1.807, 2.05) is 13.8 Å². The zero-order chi connectivity index (χ0) is 16.2. The molecule has 1 atom stereocenters. The van der Waals surface area contributed by atoms with E-state index in [9.17, 15) is 19.7 Å². The summed E-state index contributed by atoms with van der Waals surface area (Å²) >= 11 is 0. The van der Waals surface area contributed by atoms with Crippen LogP contribution in [0.5, 0.6) is 0 Å². The maximum Gasteiger partial charge on any atom is 0.305 e. The van der Waals surface area contributed by atoms with E-state index in [1.165, 1.54) is 12.1 Å². The minimum absolute atomic E-state index is 0.0338. The summed E-state index contributed by atoms with van der Waals surface area (Å²) in [5, 5.41) is 22.2. The first-order valence-corrected chi connectivity index (χ1v) is 6.53. The topological polar surface area (TPSA) is 110 Å². The number of amides is 1. The lowest BCUT2D eigenvalue weighted by Gasteiger charge is -2.12. The number of benzene rings is 1. The molecular weight excluding hydrogens is 276 g/mol. The summed E-state index contributed by atoms with van der Waals surface area (Å²) in [4.78, 5) is 33.1. The number of nitrogens with zero attached hydrogens (tertiary/aromatic N) is 1. The molecule has 1 unspecified atom stereocenters. The number of nitro benzene ring substituents is 1. The third-order valence-electron chi connectivity index (χ3n) is 2.97. The Morgan fingerprint density at radius 1 is 1.33 bits per heavy atom. The van der Waals surface area contributed by atoms with Crippen LogP contribution in [-0.2, 0) is 4.79 Å². The van der Waals surface area contributed by atoms with Crippen molar-refractivity contribution in [3.8, 4) is 0 Å². The molecule has 114 valence electrons. The quantitative estimate of drug-likeness (QED) is 0.618. The Hall–Kier alpha value is -2.44. The molecule has 7 heteroatoms. The number of aliphatic carboxylic acids is 1. The molecule has 1 aromatic carbocycles. The van der Waals surface area contributed by atoms with E-state index in [0.29, 0.717) is 5.56 Å². The lowest BCUT2D eigenvalue weighted by molar-refractivity contribution is -0.385. The van der Waals surface area contributed by atoms with Crippen molar-refractivity contribution in [2.45, 2.75) is 39.2 Å². The molecule has 1 amide bonds. The monoisotopic (exact) mass is 294 g/mol. The van der Waals surface area contributed by atoms with E-state index in [0.717, 1.165) is 0 Å². The summed E-state index contributed by atoms with van der Waals surface area (Å²) in [6.45, 7) is 5.22. The van der Waals surface area contributed by atoms with Crippen LogP contribution in [0.25, 0.3) is 0 Å². The fourth-order valence-corrected chi connectivity index (χ4v) is 1.95. The second kappa shape index (κ2) is 6.83. The molecule has 0 aromatic heterocycles. The van der Waals surface area contributed by atoms with Gasteiger partial charge in [-0.3, -0.25) is 19.7 Å². The van der Waals surface area contributed by atoms with Gasteiger partial charge in [0.25, 0.3) is 11.6 Å². The molecule has 2 N–H and O–H groups in total. The highest BCUT2D eigenvalue weighted by atomic mass is 16.6. The van der Waals surface area contributed by atoms with E-state index < -0.39 is 22.8 Å². The zero-order valence-electron chi connectivity index (χ0n) is 12.1. The Balaban J connectivity index is 2.98. The van der Waals surface area contributed by atoms with Crippen LogP contribution in [0, 0.1) is 10.1 Å². The lowest BCUT2D eigenvalue weighted by Crippen LogP contribution is -2.34. The molecule has 0 spiro atoms. The number of hydrogen-bond donors (Lipinski definition) is 2. The number of carbonyl (C=O) groups excluding carboxylic acids is 1. The maximum atomic E-state index is 12.0. The van der Waals surface area contributed by atoms with Gasteiger partial charge in [0.05, 0.1) is 11.3 Å². The van der Waals surface area contributed by atoms with Crippen LogP contribution in [0.3, 0.4) is 0 Å². The van der Waals surface area contributed by atoms with Gasteiger partial charge in [-0.15, -0.1) is 0 Å². The average Bonchev–Trinajstić information content (AvgIpc) is 2.36. The number of hydrogen-bond acceptors (Lipinski definition) is 4. The zero-order valence-corrected chi connectivity index (χ0v) is 12.1. The van der Waals surface area contributed by atoms with Gasteiger partial charge in [-0.05, 0) is 18.9 Å². The van der Waals surface area contributed by atoms with E-state index >= 15 is 0 Å². The predicted molar refractivity (Wildman–Crippen MR) is 76.4 cm³/mol. The van der Waals surface area contributed by atoms with Crippen LogP contribution in [0.4, 0.5) is 5.69 Å². The lowest BCUT2D eigenvalue weighted by atomic mass is 9.99. The van der Waals surface area contributed by atoms with Crippen LogP contribution in [-0.4, -0.2) is 27.9 Å². The third-order valence-corrected chi connectivity index (χ3v) is 2.97. The van der Waals surface area contributed by atoms with Gasteiger partial charge in [-0.1, -0.05) is 19.9 Å². The molecule has 0 saturated heterocycles. The standard InChI is InChI=1S/C14H18N2O5/c1-8(2)11-5-4-10(7-12(11)16(20)21)14(19)15-9(3)6-13(17)18/h4-5,7-9H,6H2,1-3H3,(H,15,19)(H,17,18). The van der Waals surface area contributed by atoms with Gasteiger partial charge in [-0.2, -0.15) is 0 Å². The summed E-state index contributed by atoms with van der Waals surface area (Å²) in [7, 11) is 0. The molecule has 1 aromatic rings. The first-order chi connectivity index (χ1) is 9.72. The molecule has 0 heterocycles. The number of carbonyl (C=O) groups is 2. The Morgan fingerprint density at radius 3 is 2.43 bits per heavy atom. The fraction of sp³-hybridized carbons (Fsp3) is 0.429. The highest BCUT2D eigenvalue weighted by Gasteiger charge is 2.20. The van der Waals surface area contributed by atoms with E-state index in [4.69, 9.17) is 5.11 Å². The Labute approximate surface area is 122 Å². The van der Waals surface area contributed by atoms with E-state index in [2.05, 4.69) is 5.32 Å². The van der Waals surface area contributed by atoms with Gasteiger partial charge in [0.2, 0.25) is 0 Å². The van der Waals surface area contributed by atoms with Gasteiger partial charge in [-0.25, -0.2) is 0 Å². The van der Waals surface area contributed by atoms with Crippen LogP contribution in [0.15, 0.2) is 18.2 Å². The second-order valence-corrected chi connectivity index (χ2v) is 5.16. The molecule has 0 aliphatic rings. The molecule has 0 bridgehead atoms. The Kier molecular flexibility index (Phi) is 5.40. The average molecular weight is 294 g/mol. The van der Waals surface area contributed by atoms with Crippen molar-refractivity contribution in [3.63, 3.8) is 0 Å². The SMILES string of the molecule is CC(CC(=O)O)NC(=O)c1ccc(C(C)C)c([N+](=O)[O-])c1. The van der Waals surface area contributed by atoms with Crippen LogP contribution in [0.1, 0.15) is 49.0 Å². The van der Waals surface area contributed by atoms with Gasteiger partial charge in [0.1, 0.15) is 0 Å². The van der Waals surface area contributed by atoms with Crippen molar-refractivity contribution >= 4 is 17.6 Å². The molecule has 0 fully saturated rings. The van der Waals surface area contributed by atoms with Gasteiger partial charge >= 0.3 is 5.97 Å². The van der Waals surface area contributed by atoms with Gasteiger partial charge in [0, 0.05) is 23.2 Å². The summed E-state index contributed by atoms with van der Waals surface area (Å²) < 4.78 is 0. The molecule has 1 rings (SSSR count). The van der Waals surface area contributed by atoms with Gasteiger partial charge < -0.3 is 10.4 Å². The Bertz CT molecular complexity index is 568. The molecule has 0 radical (unpaired) electrons. The first-order valence-electron chi connectivity index (χ1n) is 6.53. The molecule has 21 heavy (non-hydrogen) atoms.